The quantitative estimate of drug-likeness (QED) is 0.477. The van der Waals surface area contributed by atoms with E-state index in [1.54, 1.807) is 0 Å². The van der Waals surface area contributed by atoms with Crippen molar-refractivity contribution in [2.45, 2.75) is 59.0 Å². The molecule has 1 fully saturated rings. The molecule has 0 N–H and O–H groups in total. The van der Waals surface area contributed by atoms with Crippen LogP contribution in [0.25, 0.3) is 0 Å². The lowest BCUT2D eigenvalue weighted by atomic mass is 9.82. The van der Waals surface area contributed by atoms with Crippen LogP contribution in [0.4, 0.5) is 0 Å². The molecule has 0 bridgehead atoms. The molecule has 0 aromatic heterocycles. The third kappa shape index (κ3) is 5.10. The van der Waals surface area contributed by atoms with E-state index in [-0.39, 0.29) is 6.10 Å². The molecular weight excluding hydrogens is 348 g/mol. The van der Waals surface area contributed by atoms with Crippen molar-refractivity contribution >= 4 is 18.9 Å². The minimum Gasteiger partial charge on any atom is -0.388 e. The molecule has 1 aliphatic rings. The van der Waals surface area contributed by atoms with Gasteiger partial charge in [-0.3, -0.25) is 0 Å². The van der Waals surface area contributed by atoms with Gasteiger partial charge < -0.3 is 8.85 Å². The Morgan fingerprint density at radius 3 is 1.81 bits per heavy atom. The summed E-state index contributed by atoms with van der Waals surface area (Å²) in [6, 6.07) is 21.4. The van der Waals surface area contributed by atoms with Crippen LogP contribution in [0.3, 0.4) is 0 Å². The van der Waals surface area contributed by atoms with Crippen LogP contribution in [0.5, 0.6) is 0 Å². The standard InChI is InChI=1S/C24H34O2Si/c1-4-5-16-25-27(23-12-8-6-9-13-23,24-14-10-7-11-15-24)26-22-18-20(2)17-21(3)19-22/h6-15,20-22H,4-5,16-19H2,1-3H3. The van der Waals surface area contributed by atoms with Crippen molar-refractivity contribution in [3.63, 3.8) is 0 Å². The molecule has 0 radical (unpaired) electrons. The van der Waals surface area contributed by atoms with E-state index in [0.717, 1.165) is 32.3 Å². The van der Waals surface area contributed by atoms with E-state index < -0.39 is 8.56 Å². The molecule has 0 saturated heterocycles. The van der Waals surface area contributed by atoms with E-state index in [1.165, 1.54) is 16.8 Å². The van der Waals surface area contributed by atoms with Crippen LogP contribution in [0.15, 0.2) is 60.7 Å². The molecule has 0 aliphatic heterocycles. The Hall–Kier alpha value is -1.42. The molecule has 1 aliphatic carbocycles. The SMILES string of the molecule is CCCCO[Si](OC1CC(C)CC(C)C1)(c1ccccc1)c1ccccc1. The number of rotatable bonds is 8. The Kier molecular flexibility index (Phi) is 7.28. The van der Waals surface area contributed by atoms with Gasteiger partial charge in [0.15, 0.2) is 0 Å². The van der Waals surface area contributed by atoms with Gasteiger partial charge in [0.25, 0.3) is 0 Å². The molecule has 146 valence electrons. The van der Waals surface area contributed by atoms with Gasteiger partial charge in [0.1, 0.15) is 0 Å². The molecule has 2 nitrogen and oxygen atoms in total. The molecule has 3 heteroatoms. The minimum absolute atomic E-state index is 0.275. The minimum atomic E-state index is -2.73. The van der Waals surface area contributed by atoms with Crippen LogP contribution in [-0.2, 0) is 8.85 Å². The number of unbranched alkanes of at least 4 members (excludes halogenated alkanes) is 1. The lowest BCUT2D eigenvalue weighted by Gasteiger charge is -2.39. The van der Waals surface area contributed by atoms with Crippen LogP contribution in [0.1, 0.15) is 52.9 Å². The second kappa shape index (κ2) is 9.68. The van der Waals surface area contributed by atoms with Gasteiger partial charge in [-0.05, 0) is 47.9 Å². The number of hydrogen-bond acceptors (Lipinski definition) is 2. The summed E-state index contributed by atoms with van der Waals surface area (Å²) < 4.78 is 13.8. The normalized spacial score (nSPS) is 23.3. The van der Waals surface area contributed by atoms with Gasteiger partial charge in [0.2, 0.25) is 0 Å². The van der Waals surface area contributed by atoms with Gasteiger partial charge in [-0.25, -0.2) is 0 Å². The molecule has 2 atom stereocenters. The molecule has 27 heavy (non-hydrogen) atoms. The highest BCUT2D eigenvalue weighted by Gasteiger charge is 2.45. The van der Waals surface area contributed by atoms with E-state index in [1.807, 2.05) is 0 Å². The van der Waals surface area contributed by atoms with Gasteiger partial charge in [-0.15, -0.1) is 0 Å². The molecule has 2 aromatic rings. The lowest BCUT2D eigenvalue weighted by Crippen LogP contribution is -2.65. The lowest BCUT2D eigenvalue weighted by molar-refractivity contribution is 0.0656. The number of benzene rings is 2. The van der Waals surface area contributed by atoms with Crippen molar-refractivity contribution in [2.75, 3.05) is 6.61 Å². The molecule has 0 heterocycles. The molecule has 3 rings (SSSR count). The van der Waals surface area contributed by atoms with E-state index in [2.05, 4.69) is 81.4 Å². The van der Waals surface area contributed by atoms with Crippen molar-refractivity contribution in [1.29, 1.82) is 0 Å². The first-order valence-corrected chi connectivity index (χ1v) is 12.4. The van der Waals surface area contributed by atoms with Crippen molar-refractivity contribution < 1.29 is 8.85 Å². The van der Waals surface area contributed by atoms with Crippen LogP contribution in [0, 0.1) is 11.8 Å². The van der Waals surface area contributed by atoms with Crippen molar-refractivity contribution in [2.24, 2.45) is 11.8 Å². The summed E-state index contributed by atoms with van der Waals surface area (Å²) in [6.45, 7) is 7.68. The van der Waals surface area contributed by atoms with Crippen molar-refractivity contribution in [3.8, 4) is 0 Å². The van der Waals surface area contributed by atoms with Crippen molar-refractivity contribution in [1.82, 2.24) is 0 Å². The van der Waals surface area contributed by atoms with E-state index >= 15 is 0 Å². The summed E-state index contributed by atoms with van der Waals surface area (Å²) >= 11 is 0. The third-order valence-electron chi connectivity index (χ3n) is 5.58. The first kappa shape index (κ1) is 20.3. The van der Waals surface area contributed by atoms with Crippen LogP contribution < -0.4 is 10.4 Å². The smallest absolute Gasteiger partial charge is 0.388 e. The molecule has 2 unspecified atom stereocenters. The zero-order valence-corrected chi connectivity index (χ0v) is 18.1. The van der Waals surface area contributed by atoms with Crippen LogP contribution >= 0.6 is 0 Å². The Labute approximate surface area is 166 Å². The average Bonchev–Trinajstić information content (AvgIpc) is 2.68. The molecular formula is C24H34O2Si. The molecule has 0 spiro atoms. The van der Waals surface area contributed by atoms with Gasteiger partial charge in [0, 0.05) is 12.7 Å². The van der Waals surface area contributed by atoms with Gasteiger partial charge in [-0.2, -0.15) is 0 Å². The van der Waals surface area contributed by atoms with E-state index in [0.29, 0.717) is 11.8 Å². The van der Waals surface area contributed by atoms with Gasteiger partial charge >= 0.3 is 8.56 Å². The third-order valence-corrected chi connectivity index (χ3v) is 9.04. The van der Waals surface area contributed by atoms with Gasteiger partial charge in [0.05, 0.1) is 0 Å². The Morgan fingerprint density at radius 1 is 0.815 bits per heavy atom. The summed E-state index contributed by atoms with van der Waals surface area (Å²) in [6.07, 6.45) is 6.05. The maximum atomic E-state index is 7.06. The van der Waals surface area contributed by atoms with Gasteiger partial charge in [-0.1, -0.05) is 87.9 Å². The topological polar surface area (TPSA) is 18.5 Å². The van der Waals surface area contributed by atoms with E-state index in [9.17, 15) is 0 Å². The Balaban J connectivity index is 1.99. The molecule has 1 saturated carbocycles. The summed E-state index contributed by atoms with van der Waals surface area (Å²) in [4.78, 5) is 0. The van der Waals surface area contributed by atoms with E-state index in [4.69, 9.17) is 8.85 Å². The second-order valence-electron chi connectivity index (χ2n) is 8.21. The first-order chi connectivity index (χ1) is 13.1. The second-order valence-corrected chi connectivity index (χ2v) is 11.1. The zero-order chi connectivity index (χ0) is 19.1. The van der Waals surface area contributed by atoms with Crippen LogP contribution in [-0.4, -0.2) is 21.3 Å². The summed E-state index contributed by atoms with van der Waals surface area (Å²) in [7, 11) is -2.73. The maximum absolute atomic E-state index is 7.06. The predicted octanol–water partition coefficient (Wildman–Crippen LogP) is 4.90. The predicted molar refractivity (Wildman–Crippen MR) is 116 cm³/mol. The highest BCUT2D eigenvalue weighted by atomic mass is 28.4. The average molecular weight is 383 g/mol. The zero-order valence-electron chi connectivity index (χ0n) is 17.1. The summed E-state index contributed by atoms with van der Waals surface area (Å²) in [5, 5.41) is 2.44. The maximum Gasteiger partial charge on any atom is 0.407 e. The Bertz CT molecular complexity index is 624. The fourth-order valence-electron chi connectivity index (χ4n) is 4.38. The largest absolute Gasteiger partial charge is 0.407 e. The van der Waals surface area contributed by atoms with Crippen molar-refractivity contribution in [3.05, 3.63) is 60.7 Å². The monoisotopic (exact) mass is 382 g/mol. The fraction of sp³-hybridized carbons (Fsp3) is 0.500. The molecule has 0 amide bonds. The number of hydrogen-bond donors (Lipinski definition) is 0. The highest BCUT2D eigenvalue weighted by Crippen LogP contribution is 2.32. The Morgan fingerprint density at radius 2 is 1.33 bits per heavy atom. The van der Waals surface area contributed by atoms with Crippen LogP contribution in [0.2, 0.25) is 0 Å². The summed E-state index contributed by atoms with van der Waals surface area (Å²) in [5.41, 5.74) is 0. The fourth-order valence-corrected chi connectivity index (χ4v) is 7.75. The summed E-state index contributed by atoms with van der Waals surface area (Å²) in [5.74, 6) is 1.43. The molecule has 2 aromatic carbocycles. The highest BCUT2D eigenvalue weighted by molar-refractivity contribution is 6.92. The first-order valence-electron chi connectivity index (χ1n) is 10.6.